The monoisotopic (exact) mass is 121 g/mol. The van der Waals surface area contributed by atoms with E-state index >= 15 is 0 Å². The van der Waals surface area contributed by atoms with Crippen LogP contribution in [-0.2, 0) is 0 Å². The van der Waals surface area contributed by atoms with Crippen molar-refractivity contribution in [1.82, 2.24) is 5.32 Å². The van der Waals surface area contributed by atoms with Crippen molar-refractivity contribution in [2.24, 2.45) is 0 Å². The lowest BCUT2D eigenvalue weighted by Crippen LogP contribution is -2.26. The smallest absolute Gasteiger partial charge is 0.0963 e. The van der Waals surface area contributed by atoms with E-state index in [1.807, 2.05) is 0 Å². The number of rotatable bonds is 0. The summed E-state index contributed by atoms with van der Waals surface area (Å²) in [4.78, 5) is 0. The molecule has 0 bridgehead atoms. The van der Waals surface area contributed by atoms with Crippen LogP contribution in [0.5, 0.6) is 0 Å². The number of nitrogens with zero attached hydrogens (tertiary/aromatic N) is 2. The number of nitrogens with one attached hydrogen (secondary N) is 1. The van der Waals surface area contributed by atoms with E-state index < -0.39 is 0 Å². The Kier molecular flexibility index (Phi) is 1.67. The highest BCUT2D eigenvalue weighted by molar-refractivity contribution is 5.04. The third-order valence-corrected chi connectivity index (χ3v) is 1.46. The molecule has 0 spiro atoms. The van der Waals surface area contributed by atoms with Gasteiger partial charge in [-0.1, -0.05) is 0 Å². The summed E-state index contributed by atoms with van der Waals surface area (Å²) < 4.78 is 0. The number of hydrogen-bond donors (Lipinski definition) is 1. The molecule has 0 aromatic rings. The zero-order chi connectivity index (χ0) is 6.69. The van der Waals surface area contributed by atoms with Crippen molar-refractivity contribution < 1.29 is 0 Å². The van der Waals surface area contributed by atoms with Gasteiger partial charge in [0.1, 0.15) is 0 Å². The molecule has 2 atom stereocenters. The minimum Gasteiger partial charge on any atom is -0.287 e. The van der Waals surface area contributed by atoms with Crippen LogP contribution in [0.1, 0.15) is 12.8 Å². The Labute approximate surface area is 53.9 Å². The number of hydrogen-bond acceptors (Lipinski definition) is 3. The third kappa shape index (κ3) is 1.19. The topological polar surface area (TPSA) is 59.6 Å². The van der Waals surface area contributed by atoms with Crippen molar-refractivity contribution in [3.63, 3.8) is 0 Å². The SMILES string of the molecule is N#C[C@@H]1CC[C@H](C#N)N1. The van der Waals surface area contributed by atoms with E-state index in [0.29, 0.717) is 0 Å². The van der Waals surface area contributed by atoms with Crippen molar-refractivity contribution in [2.45, 2.75) is 24.9 Å². The fraction of sp³-hybridized carbons (Fsp3) is 0.667. The summed E-state index contributed by atoms with van der Waals surface area (Å²) in [6.45, 7) is 0. The molecule has 46 valence electrons. The molecule has 0 unspecified atom stereocenters. The molecule has 9 heavy (non-hydrogen) atoms. The first-order valence-electron chi connectivity index (χ1n) is 2.92. The molecule has 1 aliphatic heterocycles. The van der Waals surface area contributed by atoms with Crippen molar-refractivity contribution in [1.29, 1.82) is 10.5 Å². The van der Waals surface area contributed by atoms with Crippen LogP contribution >= 0.6 is 0 Å². The molecule has 1 rings (SSSR count). The summed E-state index contributed by atoms with van der Waals surface area (Å²) >= 11 is 0. The molecule has 3 nitrogen and oxygen atoms in total. The highest BCUT2D eigenvalue weighted by atomic mass is 15.0. The predicted octanol–water partition coefficient (Wildman–Crippen LogP) is 0.154. The zero-order valence-corrected chi connectivity index (χ0v) is 4.96. The van der Waals surface area contributed by atoms with Crippen LogP contribution in [0.25, 0.3) is 0 Å². The summed E-state index contributed by atoms with van der Waals surface area (Å²) in [6, 6.07) is 3.96. The van der Waals surface area contributed by atoms with Crippen LogP contribution in [0.3, 0.4) is 0 Å². The third-order valence-electron chi connectivity index (χ3n) is 1.46. The second kappa shape index (κ2) is 2.48. The van der Waals surface area contributed by atoms with E-state index in [1.165, 1.54) is 0 Å². The summed E-state index contributed by atoms with van der Waals surface area (Å²) in [5.41, 5.74) is 0. The highest BCUT2D eigenvalue weighted by Crippen LogP contribution is 2.09. The van der Waals surface area contributed by atoms with Gasteiger partial charge in [0.05, 0.1) is 24.2 Å². The minimum absolute atomic E-state index is 0.0883. The molecule has 3 heteroatoms. The fourth-order valence-corrected chi connectivity index (χ4v) is 0.946. The maximum Gasteiger partial charge on any atom is 0.0963 e. The molecule has 0 amide bonds. The summed E-state index contributed by atoms with van der Waals surface area (Å²) in [6.07, 6.45) is 1.63. The van der Waals surface area contributed by atoms with Gasteiger partial charge in [-0.05, 0) is 12.8 Å². The Morgan fingerprint density at radius 1 is 1.11 bits per heavy atom. The van der Waals surface area contributed by atoms with Gasteiger partial charge in [-0.25, -0.2) is 0 Å². The van der Waals surface area contributed by atoms with Gasteiger partial charge >= 0.3 is 0 Å². The normalized spacial score (nSPS) is 33.1. The molecule has 0 radical (unpaired) electrons. The molecular weight excluding hydrogens is 114 g/mol. The molecule has 0 aliphatic carbocycles. The number of nitriles is 2. The van der Waals surface area contributed by atoms with Gasteiger partial charge in [0.15, 0.2) is 0 Å². The van der Waals surface area contributed by atoms with Crippen molar-refractivity contribution in [2.75, 3.05) is 0 Å². The molecule has 1 aliphatic rings. The highest BCUT2D eigenvalue weighted by Gasteiger charge is 2.21. The Hall–Kier alpha value is -1.06. The van der Waals surface area contributed by atoms with Gasteiger partial charge in [0.25, 0.3) is 0 Å². The second-order valence-electron chi connectivity index (χ2n) is 2.11. The predicted molar refractivity (Wildman–Crippen MR) is 31.2 cm³/mol. The largest absolute Gasteiger partial charge is 0.287 e. The second-order valence-corrected chi connectivity index (χ2v) is 2.11. The summed E-state index contributed by atoms with van der Waals surface area (Å²) in [5, 5.41) is 19.6. The summed E-state index contributed by atoms with van der Waals surface area (Å²) in [7, 11) is 0. The quantitative estimate of drug-likeness (QED) is 0.496. The van der Waals surface area contributed by atoms with Gasteiger partial charge in [0, 0.05) is 0 Å². The van der Waals surface area contributed by atoms with Crippen LogP contribution in [0.15, 0.2) is 0 Å². The van der Waals surface area contributed by atoms with E-state index in [0.717, 1.165) is 12.8 Å². The Balaban J connectivity index is 2.42. The Bertz CT molecular complexity index is 154. The first-order valence-corrected chi connectivity index (χ1v) is 2.92. The molecule has 0 saturated carbocycles. The van der Waals surface area contributed by atoms with Gasteiger partial charge in [0.2, 0.25) is 0 Å². The van der Waals surface area contributed by atoms with E-state index in [-0.39, 0.29) is 12.1 Å². The summed E-state index contributed by atoms with van der Waals surface area (Å²) in [5.74, 6) is 0. The maximum absolute atomic E-state index is 8.36. The Morgan fingerprint density at radius 2 is 1.56 bits per heavy atom. The van der Waals surface area contributed by atoms with Gasteiger partial charge in [-0.3, -0.25) is 5.32 Å². The van der Waals surface area contributed by atoms with Crippen LogP contribution in [0, 0.1) is 22.7 Å². The molecular formula is C6H7N3. The van der Waals surface area contributed by atoms with Gasteiger partial charge in [-0.2, -0.15) is 10.5 Å². The van der Waals surface area contributed by atoms with E-state index in [2.05, 4.69) is 17.5 Å². The molecule has 1 saturated heterocycles. The van der Waals surface area contributed by atoms with Crippen molar-refractivity contribution in [3.05, 3.63) is 0 Å². The standard InChI is InChI=1S/C6H7N3/c7-3-5-1-2-6(4-8)9-5/h5-6,9H,1-2H2/t5-,6+. The van der Waals surface area contributed by atoms with Crippen molar-refractivity contribution in [3.8, 4) is 12.1 Å². The molecule has 1 fully saturated rings. The van der Waals surface area contributed by atoms with Gasteiger partial charge < -0.3 is 0 Å². The molecule has 1 heterocycles. The zero-order valence-electron chi connectivity index (χ0n) is 4.96. The molecule has 0 aromatic carbocycles. The van der Waals surface area contributed by atoms with E-state index in [4.69, 9.17) is 10.5 Å². The van der Waals surface area contributed by atoms with Crippen LogP contribution < -0.4 is 5.32 Å². The average molecular weight is 121 g/mol. The van der Waals surface area contributed by atoms with Crippen molar-refractivity contribution >= 4 is 0 Å². The lowest BCUT2D eigenvalue weighted by Gasteiger charge is -1.97. The Morgan fingerprint density at radius 3 is 1.78 bits per heavy atom. The van der Waals surface area contributed by atoms with E-state index in [1.54, 1.807) is 0 Å². The van der Waals surface area contributed by atoms with E-state index in [9.17, 15) is 0 Å². The van der Waals surface area contributed by atoms with Gasteiger partial charge in [-0.15, -0.1) is 0 Å². The molecule has 0 aromatic heterocycles. The lowest BCUT2D eigenvalue weighted by molar-refractivity contribution is 0.686. The average Bonchev–Trinajstić information content (AvgIpc) is 2.34. The lowest BCUT2D eigenvalue weighted by atomic mass is 10.2. The molecule has 1 N–H and O–H groups in total. The first kappa shape index (κ1) is 6.07. The van der Waals surface area contributed by atoms with Crippen LogP contribution in [0.4, 0.5) is 0 Å². The van der Waals surface area contributed by atoms with Crippen LogP contribution in [0.2, 0.25) is 0 Å². The maximum atomic E-state index is 8.36. The minimum atomic E-state index is -0.0883. The fourth-order valence-electron chi connectivity index (χ4n) is 0.946. The van der Waals surface area contributed by atoms with Crippen LogP contribution in [-0.4, -0.2) is 12.1 Å². The first-order chi connectivity index (χ1) is 4.36.